The summed E-state index contributed by atoms with van der Waals surface area (Å²) < 4.78 is 33.2. The van der Waals surface area contributed by atoms with Gasteiger partial charge < -0.3 is 4.74 Å². The van der Waals surface area contributed by atoms with Crippen LogP contribution in [-0.2, 0) is 21.2 Å². The normalized spacial score (nSPS) is 22.0. The molecule has 8 heteroatoms. The van der Waals surface area contributed by atoms with E-state index < -0.39 is 10.0 Å². The molecule has 2 heterocycles. The molecule has 0 N–H and O–H groups in total. The van der Waals surface area contributed by atoms with Crippen LogP contribution in [0.5, 0.6) is 0 Å². The molecule has 0 aliphatic carbocycles. The van der Waals surface area contributed by atoms with Crippen molar-refractivity contribution < 1.29 is 13.2 Å². The van der Waals surface area contributed by atoms with E-state index in [4.69, 9.17) is 10.00 Å². The SMILES string of the molecule is CN(CCN1CC2CN(CCc3ccccc3)CC(C1)O2)S(=O)(=O)c1ccc(C#N)cc1. The number of nitriles is 1. The monoisotopic (exact) mass is 454 g/mol. The zero-order chi connectivity index (χ0) is 22.6. The van der Waals surface area contributed by atoms with Crippen molar-refractivity contribution in [1.29, 1.82) is 5.26 Å². The zero-order valence-corrected chi connectivity index (χ0v) is 19.2. The highest BCUT2D eigenvalue weighted by molar-refractivity contribution is 7.89. The molecule has 2 aliphatic rings. The van der Waals surface area contributed by atoms with Crippen LogP contribution in [0.4, 0.5) is 0 Å². The maximum atomic E-state index is 12.8. The fraction of sp³-hybridized carbons (Fsp3) is 0.458. The molecule has 2 aromatic rings. The van der Waals surface area contributed by atoms with Crippen LogP contribution >= 0.6 is 0 Å². The second-order valence-electron chi connectivity index (χ2n) is 8.60. The molecule has 2 unspecified atom stereocenters. The lowest BCUT2D eigenvalue weighted by molar-refractivity contribution is -0.138. The Hall–Kier alpha value is -2.28. The molecule has 0 amide bonds. The Balaban J connectivity index is 1.26. The number of nitrogens with zero attached hydrogens (tertiary/aromatic N) is 4. The lowest BCUT2D eigenvalue weighted by Gasteiger charge is -2.46. The number of hydrogen-bond donors (Lipinski definition) is 0. The Labute approximate surface area is 190 Å². The van der Waals surface area contributed by atoms with Crippen molar-refractivity contribution in [2.45, 2.75) is 23.5 Å². The van der Waals surface area contributed by atoms with E-state index in [2.05, 4.69) is 34.1 Å². The number of sulfonamides is 1. The Kier molecular flexibility index (Phi) is 7.23. The highest BCUT2D eigenvalue weighted by Gasteiger charge is 2.35. The first-order valence-corrected chi connectivity index (χ1v) is 12.5. The second-order valence-corrected chi connectivity index (χ2v) is 10.6. The van der Waals surface area contributed by atoms with Crippen molar-refractivity contribution in [2.24, 2.45) is 0 Å². The van der Waals surface area contributed by atoms with Gasteiger partial charge in [0.15, 0.2) is 0 Å². The van der Waals surface area contributed by atoms with E-state index in [0.717, 1.165) is 39.1 Å². The van der Waals surface area contributed by atoms with E-state index >= 15 is 0 Å². The molecule has 2 aliphatic heterocycles. The molecule has 7 nitrogen and oxygen atoms in total. The van der Waals surface area contributed by atoms with Crippen LogP contribution in [-0.4, -0.2) is 87.6 Å². The van der Waals surface area contributed by atoms with Gasteiger partial charge in [0.1, 0.15) is 0 Å². The van der Waals surface area contributed by atoms with E-state index in [0.29, 0.717) is 18.7 Å². The number of hydrogen-bond acceptors (Lipinski definition) is 6. The maximum absolute atomic E-state index is 12.8. The minimum absolute atomic E-state index is 0.165. The predicted octanol–water partition coefficient (Wildman–Crippen LogP) is 1.81. The van der Waals surface area contributed by atoms with E-state index in [-0.39, 0.29) is 17.1 Å². The average molecular weight is 455 g/mol. The van der Waals surface area contributed by atoms with Gasteiger partial charge in [-0.1, -0.05) is 30.3 Å². The topological polar surface area (TPSA) is 76.9 Å². The van der Waals surface area contributed by atoms with Gasteiger partial charge in [0.25, 0.3) is 0 Å². The van der Waals surface area contributed by atoms with E-state index in [1.807, 2.05) is 12.1 Å². The molecule has 0 radical (unpaired) electrons. The summed E-state index contributed by atoms with van der Waals surface area (Å²) in [4.78, 5) is 5.02. The van der Waals surface area contributed by atoms with Crippen LogP contribution in [0.1, 0.15) is 11.1 Å². The Morgan fingerprint density at radius 3 is 2.16 bits per heavy atom. The minimum Gasteiger partial charge on any atom is -0.370 e. The molecule has 170 valence electrons. The van der Waals surface area contributed by atoms with Crippen molar-refractivity contribution in [3.05, 3.63) is 65.7 Å². The smallest absolute Gasteiger partial charge is 0.242 e. The lowest BCUT2D eigenvalue weighted by atomic mass is 10.1. The van der Waals surface area contributed by atoms with Crippen LogP contribution < -0.4 is 0 Å². The molecule has 2 bridgehead atoms. The van der Waals surface area contributed by atoms with Gasteiger partial charge in [-0.15, -0.1) is 0 Å². The third-order valence-electron chi connectivity index (χ3n) is 6.21. The number of morpholine rings is 2. The van der Waals surface area contributed by atoms with E-state index in [1.54, 1.807) is 7.05 Å². The van der Waals surface area contributed by atoms with Crippen LogP contribution in [0.25, 0.3) is 0 Å². The molecule has 2 saturated heterocycles. The highest BCUT2D eigenvalue weighted by atomic mass is 32.2. The summed E-state index contributed by atoms with van der Waals surface area (Å²) in [7, 11) is -1.96. The number of rotatable bonds is 8. The summed E-state index contributed by atoms with van der Waals surface area (Å²) in [6, 6.07) is 18.6. The minimum atomic E-state index is -3.57. The van der Waals surface area contributed by atoms with Gasteiger partial charge in [-0.25, -0.2) is 8.42 Å². The largest absolute Gasteiger partial charge is 0.370 e. The van der Waals surface area contributed by atoms with Gasteiger partial charge in [0.2, 0.25) is 10.0 Å². The molecule has 0 saturated carbocycles. The number of fused-ring (bicyclic) bond motifs is 2. The quantitative estimate of drug-likeness (QED) is 0.606. The number of ether oxygens (including phenoxy) is 1. The van der Waals surface area contributed by atoms with Gasteiger partial charge in [-0.2, -0.15) is 9.57 Å². The average Bonchev–Trinajstić information content (AvgIpc) is 2.81. The summed E-state index contributed by atoms with van der Waals surface area (Å²) in [5.74, 6) is 0. The van der Waals surface area contributed by atoms with Gasteiger partial charge in [0.05, 0.1) is 28.7 Å². The third kappa shape index (κ3) is 5.55. The number of benzene rings is 2. The van der Waals surface area contributed by atoms with Crippen LogP contribution in [0.3, 0.4) is 0 Å². The lowest BCUT2D eigenvalue weighted by Crippen LogP contribution is -2.60. The molecule has 2 atom stereocenters. The van der Waals surface area contributed by atoms with Crippen LogP contribution in [0.2, 0.25) is 0 Å². The van der Waals surface area contributed by atoms with E-state index in [1.165, 1.54) is 34.1 Å². The molecule has 0 spiro atoms. The molecular formula is C24H30N4O3S. The maximum Gasteiger partial charge on any atom is 0.242 e. The first-order valence-electron chi connectivity index (χ1n) is 11.0. The summed E-state index contributed by atoms with van der Waals surface area (Å²) in [6.07, 6.45) is 1.37. The predicted molar refractivity (Wildman–Crippen MR) is 123 cm³/mol. The van der Waals surface area contributed by atoms with Crippen molar-refractivity contribution in [3.8, 4) is 6.07 Å². The van der Waals surface area contributed by atoms with Crippen molar-refractivity contribution in [1.82, 2.24) is 14.1 Å². The Bertz CT molecular complexity index is 1020. The molecule has 32 heavy (non-hydrogen) atoms. The van der Waals surface area contributed by atoms with Gasteiger partial charge in [0, 0.05) is 52.9 Å². The number of likely N-dealkylation sites (N-methyl/N-ethyl adjacent to an activating group) is 1. The van der Waals surface area contributed by atoms with Gasteiger partial charge in [-0.05, 0) is 36.2 Å². The molecule has 2 fully saturated rings. The fourth-order valence-electron chi connectivity index (χ4n) is 4.44. The molecule has 2 aromatic carbocycles. The summed E-state index contributed by atoms with van der Waals surface area (Å²) in [5, 5.41) is 8.91. The Morgan fingerprint density at radius 1 is 0.969 bits per heavy atom. The zero-order valence-electron chi connectivity index (χ0n) is 18.4. The van der Waals surface area contributed by atoms with Gasteiger partial charge >= 0.3 is 0 Å². The summed E-state index contributed by atoms with van der Waals surface area (Å²) in [6.45, 7) is 5.60. The Morgan fingerprint density at radius 2 is 1.56 bits per heavy atom. The molecule has 4 rings (SSSR count). The van der Waals surface area contributed by atoms with Crippen molar-refractivity contribution in [2.75, 3.05) is 52.9 Å². The van der Waals surface area contributed by atoms with E-state index in [9.17, 15) is 8.42 Å². The second kappa shape index (κ2) is 10.1. The molecule has 0 aromatic heterocycles. The first kappa shape index (κ1) is 22.9. The van der Waals surface area contributed by atoms with Gasteiger partial charge in [-0.3, -0.25) is 9.80 Å². The first-order chi connectivity index (χ1) is 15.4. The summed E-state index contributed by atoms with van der Waals surface area (Å²) in [5.41, 5.74) is 1.81. The third-order valence-corrected chi connectivity index (χ3v) is 8.09. The highest BCUT2D eigenvalue weighted by Crippen LogP contribution is 2.20. The van der Waals surface area contributed by atoms with Crippen molar-refractivity contribution in [3.63, 3.8) is 0 Å². The standard InChI is InChI=1S/C24H30N4O3S/c1-26(32(29,30)24-9-7-21(15-25)8-10-24)13-14-28-18-22-16-27(17-23(19-28)31-22)12-11-20-5-3-2-4-6-20/h2-10,22-23H,11-14,16-19H2,1H3. The van der Waals surface area contributed by atoms with Crippen LogP contribution in [0.15, 0.2) is 59.5 Å². The van der Waals surface area contributed by atoms with Crippen LogP contribution in [0, 0.1) is 11.3 Å². The fourth-order valence-corrected chi connectivity index (χ4v) is 5.60. The summed E-state index contributed by atoms with van der Waals surface area (Å²) >= 11 is 0. The molecular weight excluding hydrogens is 424 g/mol. The van der Waals surface area contributed by atoms with Crippen molar-refractivity contribution >= 4 is 10.0 Å².